The minimum atomic E-state index is -1.67. The number of hydrogen-bond acceptors (Lipinski definition) is 7. The molecule has 0 bridgehead atoms. The maximum absolute atomic E-state index is 12.3. The lowest BCUT2D eigenvalue weighted by Gasteiger charge is -2.31. The van der Waals surface area contributed by atoms with Crippen molar-refractivity contribution >= 4 is 38.2 Å². The van der Waals surface area contributed by atoms with Gasteiger partial charge in [-0.1, -0.05) is 6.04 Å². The molecule has 0 saturated heterocycles. The first-order valence-electron chi connectivity index (χ1n) is 11.3. The zero-order valence-corrected chi connectivity index (χ0v) is 25.4. The first-order chi connectivity index (χ1) is 15.3. The summed E-state index contributed by atoms with van der Waals surface area (Å²) < 4.78 is 34.1. The number of benzene rings is 1. The summed E-state index contributed by atoms with van der Waals surface area (Å²) in [6.45, 7) is 15.0. The number of methoxy groups -OCH3 is 3. The molecule has 0 spiro atoms. The van der Waals surface area contributed by atoms with Gasteiger partial charge in [-0.15, -0.1) is 0 Å². The second-order valence-electron chi connectivity index (χ2n) is 9.86. The topological polar surface area (TPSA) is 72.5 Å². The summed E-state index contributed by atoms with van der Waals surface area (Å²) >= 11 is 0. The van der Waals surface area contributed by atoms with Gasteiger partial charge in [0.1, 0.15) is 5.91 Å². The van der Waals surface area contributed by atoms with E-state index in [2.05, 4.69) is 39.3 Å². The molecule has 188 valence electrons. The standard InChI is InChI=1S/C23H42O7Si3/c1-17(13-14-31-23(29-32(5,6)7)30-33(8,9)10)28-21(24)12-11-18-15-19(25-2)22(27-4)20(16-18)26-3/h11-12,15-17,23H,13-14,31H2,1-10H3/b12-11+. The van der Waals surface area contributed by atoms with E-state index in [1.807, 2.05) is 6.92 Å². The summed E-state index contributed by atoms with van der Waals surface area (Å²) in [5.74, 6) is 1.13. The van der Waals surface area contributed by atoms with Crippen LogP contribution in [0.2, 0.25) is 45.3 Å². The van der Waals surface area contributed by atoms with Gasteiger partial charge in [0.05, 0.1) is 37.0 Å². The third-order valence-corrected chi connectivity index (χ3v) is 8.66. The van der Waals surface area contributed by atoms with E-state index in [0.29, 0.717) is 17.2 Å². The number of carbonyl (C=O) groups is 1. The molecule has 1 aromatic rings. The highest BCUT2D eigenvalue weighted by atomic mass is 28.4. The van der Waals surface area contributed by atoms with Crippen molar-refractivity contribution in [3.05, 3.63) is 23.8 Å². The number of ether oxygens (including phenoxy) is 4. The molecule has 0 aliphatic rings. The van der Waals surface area contributed by atoms with E-state index in [9.17, 15) is 4.79 Å². The molecule has 0 N–H and O–H groups in total. The van der Waals surface area contributed by atoms with Gasteiger partial charge in [0, 0.05) is 6.08 Å². The van der Waals surface area contributed by atoms with Gasteiger partial charge in [-0.25, -0.2) is 4.79 Å². The number of esters is 1. The van der Waals surface area contributed by atoms with Gasteiger partial charge in [0.25, 0.3) is 0 Å². The molecule has 0 aliphatic carbocycles. The van der Waals surface area contributed by atoms with Crippen molar-refractivity contribution in [2.24, 2.45) is 0 Å². The SMILES string of the molecule is COc1cc(/C=C/C(=O)OC(C)CC[SiH2]C(O[Si](C)(C)C)O[Si](C)(C)C)cc(OC)c1OC. The number of rotatable bonds is 14. The molecule has 0 aromatic heterocycles. The molecule has 1 atom stereocenters. The zero-order chi connectivity index (χ0) is 25.2. The molecule has 0 amide bonds. The van der Waals surface area contributed by atoms with Crippen LogP contribution in [0.4, 0.5) is 0 Å². The highest BCUT2D eigenvalue weighted by Crippen LogP contribution is 2.38. The van der Waals surface area contributed by atoms with Crippen molar-refractivity contribution in [1.82, 2.24) is 0 Å². The predicted molar refractivity (Wildman–Crippen MR) is 141 cm³/mol. The minimum absolute atomic E-state index is 0.0498. The highest BCUT2D eigenvalue weighted by Gasteiger charge is 2.27. The summed E-state index contributed by atoms with van der Waals surface area (Å²) in [6, 6.07) is 4.54. The van der Waals surface area contributed by atoms with Crippen LogP contribution in [0.5, 0.6) is 17.2 Å². The second-order valence-corrected chi connectivity index (χ2v) is 20.7. The lowest BCUT2D eigenvalue weighted by atomic mass is 10.1. The normalized spacial score (nSPS) is 13.7. The van der Waals surface area contributed by atoms with Gasteiger partial charge in [0.2, 0.25) is 5.75 Å². The van der Waals surface area contributed by atoms with E-state index >= 15 is 0 Å². The Morgan fingerprint density at radius 3 is 1.88 bits per heavy atom. The van der Waals surface area contributed by atoms with Crippen molar-refractivity contribution < 1.29 is 32.6 Å². The molecule has 1 aromatic carbocycles. The monoisotopic (exact) mass is 514 g/mol. The number of carbonyl (C=O) groups excluding carboxylic acids is 1. The maximum Gasteiger partial charge on any atom is 0.331 e. The van der Waals surface area contributed by atoms with Crippen LogP contribution in [-0.2, 0) is 18.4 Å². The van der Waals surface area contributed by atoms with Gasteiger partial charge in [-0.3, -0.25) is 0 Å². The summed E-state index contributed by atoms with van der Waals surface area (Å²) in [5.41, 5.74) is 0.747. The fourth-order valence-corrected chi connectivity index (χ4v) is 10.0. The number of hydrogen-bond donors (Lipinski definition) is 0. The zero-order valence-electron chi connectivity index (χ0n) is 21.9. The van der Waals surface area contributed by atoms with Crippen LogP contribution in [0.3, 0.4) is 0 Å². The van der Waals surface area contributed by atoms with E-state index in [1.54, 1.807) is 39.5 Å². The highest BCUT2D eigenvalue weighted by molar-refractivity contribution is 6.71. The van der Waals surface area contributed by atoms with E-state index in [-0.39, 0.29) is 18.0 Å². The molecule has 0 saturated carbocycles. The minimum Gasteiger partial charge on any atom is -0.493 e. The molecule has 1 unspecified atom stereocenters. The molecule has 10 heteroatoms. The van der Waals surface area contributed by atoms with Gasteiger partial charge < -0.3 is 27.8 Å². The van der Waals surface area contributed by atoms with Crippen molar-refractivity contribution in [3.8, 4) is 17.2 Å². The molecule has 1 rings (SSSR count). The third kappa shape index (κ3) is 11.9. The molecule has 0 heterocycles. The first kappa shape index (κ1) is 29.4. The Morgan fingerprint density at radius 1 is 0.939 bits per heavy atom. The molecule has 33 heavy (non-hydrogen) atoms. The van der Waals surface area contributed by atoms with Gasteiger partial charge in [0.15, 0.2) is 28.1 Å². The average Bonchev–Trinajstić information content (AvgIpc) is 2.68. The second kappa shape index (κ2) is 13.3. The van der Waals surface area contributed by atoms with Crippen LogP contribution in [0, 0.1) is 0 Å². The Balaban J connectivity index is 2.64. The maximum atomic E-state index is 12.3. The summed E-state index contributed by atoms with van der Waals surface area (Å²) in [7, 11) is 0.698. The first-order valence-corrected chi connectivity index (χ1v) is 20.0. The fraction of sp³-hybridized carbons (Fsp3) is 0.609. The van der Waals surface area contributed by atoms with Crippen LogP contribution in [0.15, 0.2) is 18.2 Å². The van der Waals surface area contributed by atoms with Gasteiger partial charge in [-0.05, 0) is 76.4 Å². The van der Waals surface area contributed by atoms with Gasteiger partial charge in [-0.2, -0.15) is 0 Å². The van der Waals surface area contributed by atoms with Crippen LogP contribution in [0.25, 0.3) is 6.08 Å². The van der Waals surface area contributed by atoms with E-state index in [4.69, 9.17) is 27.8 Å². The Morgan fingerprint density at radius 2 is 1.45 bits per heavy atom. The van der Waals surface area contributed by atoms with Crippen molar-refractivity contribution in [1.29, 1.82) is 0 Å². The van der Waals surface area contributed by atoms with Crippen LogP contribution < -0.4 is 14.2 Å². The quantitative estimate of drug-likeness (QED) is 0.155. The summed E-state index contributed by atoms with van der Waals surface area (Å²) in [5, 5.41) is 0. The Hall–Kier alpha value is -1.60. The predicted octanol–water partition coefficient (Wildman–Crippen LogP) is 4.62. The summed E-state index contributed by atoms with van der Waals surface area (Å²) in [6.07, 6.45) is 3.72. The molecule has 0 aliphatic heterocycles. The average molecular weight is 515 g/mol. The van der Waals surface area contributed by atoms with E-state index in [1.165, 1.54) is 6.08 Å². The van der Waals surface area contributed by atoms with Crippen molar-refractivity contribution in [2.45, 2.75) is 70.7 Å². The van der Waals surface area contributed by atoms with Crippen LogP contribution in [0.1, 0.15) is 18.9 Å². The molecule has 0 fully saturated rings. The van der Waals surface area contributed by atoms with Crippen molar-refractivity contribution in [2.75, 3.05) is 21.3 Å². The van der Waals surface area contributed by atoms with Crippen LogP contribution in [-0.4, -0.2) is 65.5 Å². The summed E-state index contributed by atoms with van der Waals surface area (Å²) in [4.78, 5) is 12.3. The Kier molecular flexibility index (Phi) is 11.9. The molecule has 0 radical (unpaired) electrons. The lowest BCUT2D eigenvalue weighted by Crippen LogP contribution is -2.43. The Labute approximate surface area is 203 Å². The third-order valence-electron chi connectivity index (χ3n) is 4.44. The van der Waals surface area contributed by atoms with E-state index < -0.39 is 26.2 Å². The van der Waals surface area contributed by atoms with E-state index in [0.717, 1.165) is 18.0 Å². The van der Waals surface area contributed by atoms with Crippen LogP contribution >= 0.6 is 0 Å². The molecular weight excluding hydrogens is 473 g/mol. The largest absolute Gasteiger partial charge is 0.493 e. The molecular formula is C23H42O7Si3. The van der Waals surface area contributed by atoms with Gasteiger partial charge >= 0.3 is 5.97 Å². The lowest BCUT2D eigenvalue weighted by molar-refractivity contribution is -0.142. The van der Waals surface area contributed by atoms with Crippen molar-refractivity contribution in [3.63, 3.8) is 0 Å². The fourth-order valence-electron chi connectivity index (χ4n) is 3.16. The molecule has 7 nitrogen and oxygen atoms in total. The Bertz CT molecular complexity index is 744. The smallest absolute Gasteiger partial charge is 0.331 e.